The standard InChI is InChI=1S/C17H25N5O2/c1-11(22-5-7-24-8-6-22)10-18-17(23)15-9-14-13(3)20-21(4)16(14)19-12(15)2/h9,11H,5-8,10H2,1-4H3,(H,18,23). The molecule has 7 heteroatoms. The molecule has 3 heterocycles. The van der Waals surface area contributed by atoms with Gasteiger partial charge in [0.2, 0.25) is 0 Å². The highest BCUT2D eigenvalue weighted by Gasteiger charge is 2.19. The number of rotatable bonds is 4. The fourth-order valence-corrected chi connectivity index (χ4v) is 3.14. The monoisotopic (exact) mass is 331 g/mol. The summed E-state index contributed by atoms with van der Waals surface area (Å²) in [5, 5.41) is 8.34. The van der Waals surface area contributed by atoms with Gasteiger partial charge in [-0.15, -0.1) is 0 Å². The number of aromatic nitrogens is 3. The number of ether oxygens (including phenoxy) is 1. The van der Waals surface area contributed by atoms with Gasteiger partial charge in [0.25, 0.3) is 5.91 Å². The highest BCUT2D eigenvalue weighted by molar-refractivity contribution is 5.98. The van der Waals surface area contributed by atoms with E-state index in [-0.39, 0.29) is 11.9 Å². The summed E-state index contributed by atoms with van der Waals surface area (Å²) in [7, 11) is 1.87. The molecule has 0 bridgehead atoms. The second-order valence-corrected chi connectivity index (χ2v) is 6.41. The fourth-order valence-electron chi connectivity index (χ4n) is 3.14. The van der Waals surface area contributed by atoms with Crippen molar-refractivity contribution < 1.29 is 9.53 Å². The van der Waals surface area contributed by atoms with E-state index in [2.05, 4.69) is 27.2 Å². The van der Waals surface area contributed by atoms with Crippen LogP contribution in [0.25, 0.3) is 11.0 Å². The van der Waals surface area contributed by atoms with Crippen LogP contribution in [-0.4, -0.2) is 64.5 Å². The quantitative estimate of drug-likeness (QED) is 0.906. The number of pyridine rings is 1. The average molecular weight is 331 g/mol. The van der Waals surface area contributed by atoms with Gasteiger partial charge < -0.3 is 10.1 Å². The van der Waals surface area contributed by atoms with E-state index in [1.165, 1.54) is 0 Å². The van der Waals surface area contributed by atoms with Crippen LogP contribution < -0.4 is 5.32 Å². The highest BCUT2D eigenvalue weighted by atomic mass is 16.5. The summed E-state index contributed by atoms with van der Waals surface area (Å²) in [5.74, 6) is -0.0785. The Morgan fingerprint density at radius 1 is 1.33 bits per heavy atom. The lowest BCUT2D eigenvalue weighted by molar-refractivity contribution is 0.0204. The number of morpholine rings is 1. The van der Waals surface area contributed by atoms with E-state index in [9.17, 15) is 4.79 Å². The smallest absolute Gasteiger partial charge is 0.253 e. The third-order valence-electron chi connectivity index (χ3n) is 4.66. The lowest BCUT2D eigenvalue weighted by atomic mass is 10.1. The SMILES string of the molecule is Cc1nc2c(cc1C(=O)NCC(C)N1CCOCC1)c(C)nn2C. The molecule has 130 valence electrons. The zero-order valence-electron chi connectivity index (χ0n) is 14.8. The Bertz CT molecular complexity index is 749. The Morgan fingerprint density at radius 2 is 2.04 bits per heavy atom. The summed E-state index contributed by atoms with van der Waals surface area (Å²) in [6.45, 7) is 9.89. The van der Waals surface area contributed by atoms with Crippen molar-refractivity contribution in [1.82, 2.24) is 25.0 Å². The van der Waals surface area contributed by atoms with Crippen LogP contribution in [0.3, 0.4) is 0 Å². The number of fused-ring (bicyclic) bond motifs is 1. The first-order chi connectivity index (χ1) is 11.5. The first kappa shape index (κ1) is 16.9. The van der Waals surface area contributed by atoms with E-state index in [4.69, 9.17) is 4.74 Å². The van der Waals surface area contributed by atoms with E-state index >= 15 is 0 Å². The predicted molar refractivity (Wildman–Crippen MR) is 92.2 cm³/mol. The summed E-state index contributed by atoms with van der Waals surface area (Å²) in [4.78, 5) is 19.5. The Morgan fingerprint density at radius 3 is 2.75 bits per heavy atom. The number of nitrogens with one attached hydrogen (secondary N) is 1. The topological polar surface area (TPSA) is 72.3 Å². The van der Waals surface area contributed by atoms with Gasteiger partial charge in [-0.3, -0.25) is 14.4 Å². The third-order valence-corrected chi connectivity index (χ3v) is 4.66. The van der Waals surface area contributed by atoms with Crippen molar-refractivity contribution in [1.29, 1.82) is 0 Å². The lowest BCUT2D eigenvalue weighted by Crippen LogP contribution is -2.47. The predicted octanol–water partition coefficient (Wildman–Crippen LogP) is 1.04. The Balaban J connectivity index is 1.71. The molecule has 0 aromatic carbocycles. The van der Waals surface area contributed by atoms with Gasteiger partial charge in [-0.05, 0) is 26.8 Å². The van der Waals surface area contributed by atoms with Gasteiger partial charge in [0, 0.05) is 38.1 Å². The molecule has 7 nitrogen and oxygen atoms in total. The molecule has 3 rings (SSSR count). The second-order valence-electron chi connectivity index (χ2n) is 6.41. The maximum Gasteiger partial charge on any atom is 0.253 e. The number of hydrogen-bond acceptors (Lipinski definition) is 5. The molecule has 1 fully saturated rings. The van der Waals surface area contributed by atoms with Crippen molar-refractivity contribution in [2.75, 3.05) is 32.8 Å². The molecule has 1 aliphatic rings. The summed E-state index contributed by atoms with van der Waals surface area (Å²) >= 11 is 0. The maximum atomic E-state index is 12.6. The molecule has 1 aliphatic heterocycles. The van der Waals surface area contributed by atoms with Gasteiger partial charge in [0.05, 0.1) is 30.2 Å². The van der Waals surface area contributed by atoms with E-state index in [1.54, 1.807) is 4.68 Å². The minimum atomic E-state index is -0.0785. The molecule has 24 heavy (non-hydrogen) atoms. The molecule has 1 amide bonds. The van der Waals surface area contributed by atoms with Crippen LogP contribution in [0.4, 0.5) is 0 Å². The van der Waals surface area contributed by atoms with Crippen molar-refractivity contribution >= 4 is 16.9 Å². The lowest BCUT2D eigenvalue weighted by Gasteiger charge is -2.32. The summed E-state index contributed by atoms with van der Waals surface area (Å²) < 4.78 is 7.12. The van der Waals surface area contributed by atoms with Crippen molar-refractivity contribution in [3.63, 3.8) is 0 Å². The number of aryl methyl sites for hydroxylation is 3. The summed E-state index contributed by atoms with van der Waals surface area (Å²) in [6, 6.07) is 2.18. The zero-order valence-corrected chi connectivity index (χ0v) is 14.8. The largest absolute Gasteiger partial charge is 0.379 e. The van der Waals surface area contributed by atoms with E-state index in [0.717, 1.165) is 48.7 Å². The van der Waals surface area contributed by atoms with Crippen molar-refractivity contribution in [3.05, 3.63) is 23.0 Å². The fraction of sp³-hybridized carbons (Fsp3) is 0.588. The molecular weight excluding hydrogens is 306 g/mol. The zero-order chi connectivity index (χ0) is 17.3. The third kappa shape index (κ3) is 3.27. The number of amides is 1. The van der Waals surface area contributed by atoms with E-state index < -0.39 is 0 Å². The van der Waals surface area contributed by atoms with Gasteiger partial charge in [0.1, 0.15) is 0 Å². The minimum Gasteiger partial charge on any atom is -0.379 e. The molecule has 0 spiro atoms. The number of carbonyl (C=O) groups is 1. The molecule has 0 radical (unpaired) electrons. The Kier molecular flexibility index (Phi) is 4.82. The normalized spacial score (nSPS) is 17.2. The van der Waals surface area contributed by atoms with Crippen LogP contribution in [0.1, 0.15) is 28.7 Å². The highest BCUT2D eigenvalue weighted by Crippen LogP contribution is 2.19. The van der Waals surface area contributed by atoms with E-state index in [0.29, 0.717) is 12.1 Å². The first-order valence-corrected chi connectivity index (χ1v) is 8.38. The molecule has 1 saturated heterocycles. The molecular formula is C17H25N5O2. The van der Waals surface area contributed by atoms with Crippen LogP contribution in [-0.2, 0) is 11.8 Å². The Hall–Kier alpha value is -1.99. The van der Waals surface area contributed by atoms with Crippen LogP contribution in [0, 0.1) is 13.8 Å². The van der Waals surface area contributed by atoms with Crippen LogP contribution in [0.5, 0.6) is 0 Å². The molecule has 2 aromatic heterocycles. The molecule has 1 atom stereocenters. The molecule has 2 aromatic rings. The minimum absolute atomic E-state index is 0.0785. The number of nitrogens with zero attached hydrogens (tertiary/aromatic N) is 4. The molecule has 1 N–H and O–H groups in total. The summed E-state index contributed by atoms with van der Waals surface area (Å²) in [5.41, 5.74) is 3.04. The van der Waals surface area contributed by atoms with Crippen LogP contribution in [0.2, 0.25) is 0 Å². The van der Waals surface area contributed by atoms with Crippen molar-refractivity contribution in [2.24, 2.45) is 7.05 Å². The van der Waals surface area contributed by atoms with Gasteiger partial charge in [-0.2, -0.15) is 5.10 Å². The molecule has 0 aliphatic carbocycles. The molecule has 1 unspecified atom stereocenters. The average Bonchev–Trinajstić information content (AvgIpc) is 2.86. The first-order valence-electron chi connectivity index (χ1n) is 8.38. The van der Waals surface area contributed by atoms with Gasteiger partial charge >= 0.3 is 0 Å². The maximum absolute atomic E-state index is 12.6. The Labute approximate surface area is 142 Å². The van der Waals surface area contributed by atoms with Crippen molar-refractivity contribution in [2.45, 2.75) is 26.8 Å². The second kappa shape index (κ2) is 6.86. The van der Waals surface area contributed by atoms with Crippen LogP contribution in [0.15, 0.2) is 6.07 Å². The van der Waals surface area contributed by atoms with Gasteiger partial charge in [-0.25, -0.2) is 4.98 Å². The van der Waals surface area contributed by atoms with Crippen LogP contribution >= 0.6 is 0 Å². The number of hydrogen-bond donors (Lipinski definition) is 1. The number of carbonyl (C=O) groups excluding carboxylic acids is 1. The molecule has 0 saturated carbocycles. The van der Waals surface area contributed by atoms with Gasteiger partial charge in [-0.1, -0.05) is 0 Å². The summed E-state index contributed by atoms with van der Waals surface area (Å²) in [6.07, 6.45) is 0. The van der Waals surface area contributed by atoms with Crippen molar-refractivity contribution in [3.8, 4) is 0 Å². The van der Waals surface area contributed by atoms with Gasteiger partial charge in [0.15, 0.2) is 5.65 Å². The van der Waals surface area contributed by atoms with E-state index in [1.807, 2.05) is 27.0 Å².